The number of nitrogens with one attached hydrogen (secondary N) is 1. The number of benzene rings is 1. The van der Waals surface area contributed by atoms with Crippen molar-refractivity contribution in [2.75, 3.05) is 19.0 Å². The van der Waals surface area contributed by atoms with Crippen LogP contribution in [0.4, 0.5) is 5.69 Å². The molecule has 102 valence electrons. The highest BCUT2D eigenvalue weighted by Crippen LogP contribution is 2.33. The molecule has 1 N–H and O–H groups in total. The first-order valence-corrected chi connectivity index (χ1v) is 6.92. The molecule has 0 aliphatic heterocycles. The summed E-state index contributed by atoms with van der Waals surface area (Å²) >= 11 is 0. The number of pyridine rings is 1. The van der Waals surface area contributed by atoms with Crippen LogP contribution in [0.25, 0.3) is 10.9 Å². The zero-order chi connectivity index (χ0) is 13.8. The lowest BCUT2D eigenvalue weighted by atomic mass is 10.0. The lowest BCUT2D eigenvalue weighted by Crippen LogP contribution is -2.06. The Morgan fingerprint density at radius 2 is 2.05 bits per heavy atom. The number of aromatic nitrogens is 1. The number of nitrogens with zero attached hydrogens (tertiary/aromatic N) is 1. The normalized spacial score (nSPS) is 10.7. The summed E-state index contributed by atoms with van der Waals surface area (Å²) in [6, 6.07) is 6.09. The number of para-hydroxylation sites is 1. The summed E-state index contributed by atoms with van der Waals surface area (Å²) in [5.74, 6) is 0.840. The average molecular weight is 258 g/mol. The van der Waals surface area contributed by atoms with E-state index in [1.54, 1.807) is 7.11 Å². The summed E-state index contributed by atoms with van der Waals surface area (Å²) in [5.41, 5.74) is 4.53. The lowest BCUT2D eigenvalue weighted by Gasteiger charge is -2.16. The van der Waals surface area contributed by atoms with Crippen LogP contribution in [-0.2, 0) is 6.42 Å². The fourth-order valence-electron chi connectivity index (χ4n) is 2.39. The maximum atomic E-state index is 5.44. The van der Waals surface area contributed by atoms with E-state index < -0.39 is 0 Å². The molecule has 0 saturated heterocycles. The molecule has 19 heavy (non-hydrogen) atoms. The minimum atomic E-state index is 0.840. The Morgan fingerprint density at radius 1 is 1.26 bits per heavy atom. The van der Waals surface area contributed by atoms with Crippen molar-refractivity contribution in [1.29, 1.82) is 0 Å². The highest BCUT2D eigenvalue weighted by atomic mass is 16.5. The van der Waals surface area contributed by atoms with E-state index in [2.05, 4.69) is 32.2 Å². The number of aryl methyl sites for hydroxylation is 1. The van der Waals surface area contributed by atoms with Crippen molar-refractivity contribution in [3.05, 3.63) is 29.5 Å². The largest absolute Gasteiger partial charge is 0.494 e. The third-order valence-corrected chi connectivity index (χ3v) is 3.43. The Balaban J connectivity index is 2.71. The summed E-state index contributed by atoms with van der Waals surface area (Å²) < 4.78 is 5.44. The van der Waals surface area contributed by atoms with Crippen LogP contribution in [0.2, 0.25) is 0 Å². The summed E-state index contributed by atoms with van der Waals surface area (Å²) in [6.45, 7) is 7.43. The van der Waals surface area contributed by atoms with Gasteiger partial charge in [-0.25, -0.2) is 4.98 Å². The fourth-order valence-corrected chi connectivity index (χ4v) is 2.39. The monoisotopic (exact) mass is 258 g/mol. The molecule has 0 aliphatic rings. The van der Waals surface area contributed by atoms with E-state index in [1.807, 2.05) is 12.1 Å². The van der Waals surface area contributed by atoms with Gasteiger partial charge < -0.3 is 10.1 Å². The van der Waals surface area contributed by atoms with Crippen LogP contribution in [0.3, 0.4) is 0 Å². The topological polar surface area (TPSA) is 34.2 Å². The number of rotatable bonds is 5. The van der Waals surface area contributed by atoms with Crippen molar-refractivity contribution in [2.24, 2.45) is 0 Å². The summed E-state index contributed by atoms with van der Waals surface area (Å²) in [4.78, 5) is 4.77. The Bertz CT molecular complexity index is 578. The van der Waals surface area contributed by atoms with E-state index in [9.17, 15) is 0 Å². The number of ether oxygens (including phenoxy) is 1. The molecule has 1 heterocycles. The minimum absolute atomic E-state index is 0.840. The molecule has 3 heteroatoms. The van der Waals surface area contributed by atoms with Crippen molar-refractivity contribution < 1.29 is 4.74 Å². The number of hydrogen-bond acceptors (Lipinski definition) is 3. The molecule has 0 atom stereocenters. The van der Waals surface area contributed by atoms with Crippen molar-refractivity contribution in [3.8, 4) is 5.75 Å². The van der Waals surface area contributed by atoms with E-state index in [1.165, 1.54) is 11.3 Å². The number of anilines is 1. The van der Waals surface area contributed by atoms with E-state index in [-0.39, 0.29) is 0 Å². The van der Waals surface area contributed by atoms with Crippen molar-refractivity contribution in [2.45, 2.75) is 33.6 Å². The molecule has 0 bridgehead atoms. The van der Waals surface area contributed by atoms with Crippen LogP contribution in [0.5, 0.6) is 5.75 Å². The molecule has 0 aliphatic carbocycles. The molecule has 0 unspecified atom stereocenters. The highest BCUT2D eigenvalue weighted by Gasteiger charge is 2.13. The van der Waals surface area contributed by atoms with Gasteiger partial charge in [0.15, 0.2) is 0 Å². The molecule has 0 amide bonds. The summed E-state index contributed by atoms with van der Waals surface area (Å²) in [7, 11) is 1.70. The van der Waals surface area contributed by atoms with E-state index >= 15 is 0 Å². The van der Waals surface area contributed by atoms with E-state index in [0.717, 1.165) is 41.7 Å². The van der Waals surface area contributed by atoms with Crippen LogP contribution in [0, 0.1) is 6.92 Å². The van der Waals surface area contributed by atoms with Crippen molar-refractivity contribution in [1.82, 2.24) is 4.98 Å². The van der Waals surface area contributed by atoms with Gasteiger partial charge in [-0.15, -0.1) is 0 Å². The van der Waals surface area contributed by atoms with Gasteiger partial charge in [0.25, 0.3) is 0 Å². The summed E-state index contributed by atoms with van der Waals surface area (Å²) in [5, 5.41) is 4.68. The standard InChI is InChI=1S/C16H22N2O/c1-5-10-17-15-11(3)13(6-2)18-16-12(15)8-7-9-14(16)19-4/h7-9H,5-6,10H2,1-4H3,(H,17,18). The second-order valence-electron chi connectivity index (χ2n) is 4.70. The number of fused-ring (bicyclic) bond motifs is 1. The van der Waals surface area contributed by atoms with Crippen molar-refractivity contribution in [3.63, 3.8) is 0 Å². The second-order valence-corrected chi connectivity index (χ2v) is 4.70. The number of hydrogen-bond donors (Lipinski definition) is 1. The fraction of sp³-hybridized carbons (Fsp3) is 0.438. The molecule has 1 aromatic carbocycles. The van der Waals surface area contributed by atoms with Gasteiger partial charge in [-0.3, -0.25) is 0 Å². The van der Waals surface area contributed by atoms with E-state index in [0.29, 0.717) is 0 Å². The first kappa shape index (κ1) is 13.7. The van der Waals surface area contributed by atoms with Crippen LogP contribution < -0.4 is 10.1 Å². The van der Waals surface area contributed by atoms with Gasteiger partial charge in [0.2, 0.25) is 0 Å². The maximum Gasteiger partial charge on any atom is 0.145 e. The third kappa shape index (κ3) is 2.50. The zero-order valence-corrected chi connectivity index (χ0v) is 12.2. The van der Waals surface area contributed by atoms with Gasteiger partial charge in [0.05, 0.1) is 7.11 Å². The maximum absolute atomic E-state index is 5.44. The first-order chi connectivity index (χ1) is 9.22. The molecular formula is C16H22N2O. The molecule has 1 aromatic heterocycles. The average Bonchev–Trinajstić information content (AvgIpc) is 2.45. The predicted octanol–water partition coefficient (Wildman–Crippen LogP) is 3.94. The molecule has 0 fully saturated rings. The van der Waals surface area contributed by atoms with Gasteiger partial charge in [0, 0.05) is 23.3 Å². The Labute approximate surface area is 115 Å². The van der Waals surface area contributed by atoms with Gasteiger partial charge in [-0.05, 0) is 31.4 Å². The third-order valence-electron chi connectivity index (χ3n) is 3.43. The number of methoxy groups -OCH3 is 1. The Hall–Kier alpha value is -1.77. The summed E-state index contributed by atoms with van der Waals surface area (Å²) in [6.07, 6.45) is 2.04. The Morgan fingerprint density at radius 3 is 2.68 bits per heavy atom. The molecule has 2 aromatic rings. The van der Waals surface area contributed by atoms with E-state index in [4.69, 9.17) is 9.72 Å². The van der Waals surface area contributed by atoms with Gasteiger partial charge >= 0.3 is 0 Å². The Kier molecular flexibility index (Phi) is 4.25. The molecule has 0 spiro atoms. The molecule has 2 rings (SSSR count). The van der Waals surface area contributed by atoms with Crippen LogP contribution in [0.15, 0.2) is 18.2 Å². The highest BCUT2D eigenvalue weighted by molar-refractivity contribution is 5.96. The zero-order valence-electron chi connectivity index (χ0n) is 12.2. The molecule has 3 nitrogen and oxygen atoms in total. The molecular weight excluding hydrogens is 236 g/mol. The van der Waals surface area contributed by atoms with Crippen molar-refractivity contribution >= 4 is 16.6 Å². The predicted molar refractivity (Wildman–Crippen MR) is 81.2 cm³/mol. The van der Waals surface area contributed by atoms with Gasteiger partial charge in [-0.1, -0.05) is 26.0 Å². The smallest absolute Gasteiger partial charge is 0.145 e. The van der Waals surface area contributed by atoms with Crippen LogP contribution >= 0.6 is 0 Å². The van der Waals surface area contributed by atoms with Crippen LogP contribution in [0.1, 0.15) is 31.5 Å². The van der Waals surface area contributed by atoms with Gasteiger partial charge in [-0.2, -0.15) is 0 Å². The van der Waals surface area contributed by atoms with Crippen LogP contribution in [-0.4, -0.2) is 18.6 Å². The quantitative estimate of drug-likeness (QED) is 0.882. The molecule has 0 radical (unpaired) electrons. The minimum Gasteiger partial charge on any atom is -0.494 e. The first-order valence-electron chi connectivity index (χ1n) is 6.92. The second kappa shape index (κ2) is 5.91. The molecule has 0 saturated carbocycles. The SMILES string of the molecule is CCCNc1c(C)c(CC)nc2c(OC)cccc12. The lowest BCUT2D eigenvalue weighted by molar-refractivity contribution is 0.419. The van der Waals surface area contributed by atoms with Gasteiger partial charge in [0.1, 0.15) is 11.3 Å².